The molecule has 0 aliphatic heterocycles. The lowest BCUT2D eigenvalue weighted by Gasteiger charge is -2.21. The zero-order valence-electron chi connectivity index (χ0n) is 14.7. The van der Waals surface area contributed by atoms with Gasteiger partial charge in [0.1, 0.15) is 11.6 Å². The molecule has 0 saturated heterocycles. The van der Waals surface area contributed by atoms with E-state index in [1.165, 1.54) is 12.1 Å². The van der Waals surface area contributed by atoms with Crippen LogP contribution in [-0.4, -0.2) is 20.5 Å². The van der Waals surface area contributed by atoms with Gasteiger partial charge in [-0.3, -0.25) is 4.98 Å². The summed E-state index contributed by atoms with van der Waals surface area (Å²) >= 11 is 5.86. The maximum atomic E-state index is 13.4. The van der Waals surface area contributed by atoms with E-state index in [2.05, 4.69) is 25.6 Å². The topological polar surface area (TPSA) is 62.7 Å². The number of nitrogens with one attached hydrogen (secondary N) is 2. The summed E-state index contributed by atoms with van der Waals surface area (Å²) in [4.78, 5) is 13.4. The third-order valence-corrected chi connectivity index (χ3v) is 3.62. The van der Waals surface area contributed by atoms with Crippen molar-refractivity contribution in [3.05, 3.63) is 59.5 Å². The lowest BCUT2D eigenvalue weighted by Crippen LogP contribution is -2.27. The molecule has 0 aliphatic rings. The molecule has 0 spiro atoms. The summed E-state index contributed by atoms with van der Waals surface area (Å²) in [6, 6.07) is 11.8. The number of aromatic nitrogens is 3. The Morgan fingerprint density at radius 2 is 1.81 bits per heavy atom. The summed E-state index contributed by atoms with van der Waals surface area (Å²) in [5.41, 5.74) is 1.82. The molecule has 3 rings (SSSR count). The molecule has 3 aromatic rings. The average Bonchev–Trinajstić information content (AvgIpc) is 2.57. The van der Waals surface area contributed by atoms with Crippen molar-refractivity contribution in [2.75, 3.05) is 10.6 Å². The number of pyridine rings is 1. The fourth-order valence-electron chi connectivity index (χ4n) is 2.27. The van der Waals surface area contributed by atoms with Crippen LogP contribution >= 0.6 is 11.6 Å². The van der Waals surface area contributed by atoms with Gasteiger partial charge in [-0.25, -0.2) is 9.37 Å². The van der Waals surface area contributed by atoms with Crippen molar-refractivity contribution in [3.63, 3.8) is 0 Å². The summed E-state index contributed by atoms with van der Waals surface area (Å²) in [5.74, 6) is 0.551. The minimum absolute atomic E-state index is 0.0436. The zero-order valence-corrected chi connectivity index (χ0v) is 15.5. The van der Waals surface area contributed by atoms with Gasteiger partial charge >= 0.3 is 0 Å². The predicted molar refractivity (Wildman–Crippen MR) is 103 cm³/mol. The Bertz CT molecular complexity index is 910. The van der Waals surface area contributed by atoms with E-state index in [9.17, 15) is 4.39 Å². The van der Waals surface area contributed by atoms with Crippen molar-refractivity contribution in [3.8, 4) is 11.4 Å². The first-order valence-corrected chi connectivity index (χ1v) is 8.49. The fourth-order valence-corrected chi connectivity index (χ4v) is 2.45. The van der Waals surface area contributed by atoms with Crippen molar-refractivity contribution in [1.82, 2.24) is 15.0 Å². The van der Waals surface area contributed by atoms with Gasteiger partial charge in [-0.05, 0) is 51.1 Å². The van der Waals surface area contributed by atoms with Gasteiger partial charge in [0.25, 0.3) is 0 Å². The summed E-state index contributed by atoms with van der Waals surface area (Å²) in [5, 5.41) is 6.44. The molecule has 0 atom stereocenters. The molecule has 0 radical (unpaired) electrons. The second kappa shape index (κ2) is 7.25. The van der Waals surface area contributed by atoms with Crippen molar-refractivity contribution in [1.29, 1.82) is 0 Å². The first-order valence-electron chi connectivity index (χ1n) is 8.11. The Labute approximate surface area is 156 Å². The fraction of sp³-hybridized carbons (Fsp3) is 0.211. The monoisotopic (exact) mass is 371 g/mol. The number of rotatable bonds is 4. The minimum atomic E-state index is -0.468. The van der Waals surface area contributed by atoms with Gasteiger partial charge in [-0.1, -0.05) is 17.7 Å². The molecule has 1 aromatic carbocycles. The third-order valence-electron chi connectivity index (χ3n) is 3.33. The van der Waals surface area contributed by atoms with E-state index in [-0.39, 0.29) is 10.6 Å². The molecular weight excluding hydrogens is 353 g/mol. The van der Waals surface area contributed by atoms with E-state index >= 15 is 0 Å². The summed E-state index contributed by atoms with van der Waals surface area (Å²) < 4.78 is 13.4. The number of anilines is 3. The molecule has 0 bridgehead atoms. The standard InChI is InChI=1S/C19H19ClFN5/c1-19(2,3)26-18-24-16(15-6-4-5-9-22-15)11-17(25-18)23-12-7-8-14(21)13(20)10-12/h4-11H,1-3H3,(H2,23,24,25,26). The number of hydrogen-bond donors (Lipinski definition) is 2. The van der Waals surface area contributed by atoms with Crippen LogP contribution in [0.25, 0.3) is 11.4 Å². The summed E-state index contributed by atoms with van der Waals surface area (Å²) in [6.07, 6.45) is 1.71. The molecule has 0 unspecified atom stereocenters. The normalized spacial score (nSPS) is 11.3. The molecule has 7 heteroatoms. The molecule has 0 fully saturated rings. The van der Waals surface area contributed by atoms with Crippen LogP contribution in [0.2, 0.25) is 5.02 Å². The first-order chi connectivity index (χ1) is 12.3. The average molecular weight is 372 g/mol. The van der Waals surface area contributed by atoms with E-state index in [0.717, 1.165) is 5.69 Å². The van der Waals surface area contributed by atoms with Gasteiger partial charge in [0, 0.05) is 23.5 Å². The molecule has 5 nitrogen and oxygen atoms in total. The molecule has 0 amide bonds. The largest absolute Gasteiger partial charge is 0.350 e. The van der Waals surface area contributed by atoms with Crippen molar-refractivity contribution >= 4 is 29.1 Å². The van der Waals surface area contributed by atoms with Crippen molar-refractivity contribution < 1.29 is 4.39 Å². The Kier molecular flexibility index (Phi) is 5.04. The first kappa shape index (κ1) is 18.1. The second-order valence-corrected chi connectivity index (χ2v) is 7.21. The van der Waals surface area contributed by atoms with Gasteiger partial charge in [0.2, 0.25) is 5.95 Å². The highest BCUT2D eigenvalue weighted by Gasteiger charge is 2.14. The molecule has 2 heterocycles. The van der Waals surface area contributed by atoms with Gasteiger partial charge < -0.3 is 10.6 Å². The van der Waals surface area contributed by atoms with Crippen LogP contribution in [0.15, 0.2) is 48.7 Å². The smallest absolute Gasteiger partial charge is 0.225 e. The van der Waals surface area contributed by atoms with Crippen molar-refractivity contribution in [2.24, 2.45) is 0 Å². The van der Waals surface area contributed by atoms with Crippen LogP contribution in [0.3, 0.4) is 0 Å². The molecule has 2 aromatic heterocycles. The molecule has 0 aliphatic carbocycles. The van der Waals surface area contributed by atoms with Crippen LogP contribution < -0.4 is 10.6 Å². The molecule has 134 valence electrons. The third kappa shape index (κ3) is 4.67. The van der Waals surface area contributed by atoms with Gasteiger partial charge in [-0.15, -0.1) is 0 Å². The SMILES string of the molecule is CC(C)(C)Nc1nc(Nc2ccc(F)c(Cl)c2)cc(-c2ccccn2)n1. The second-order valence-electron chi connectivity index (χ2n) is 6.81. The Balaban J connectivity index is 2.00. The summed E-state index contributed by atoms with van der Waals surface area (Å²) in [6.45, 7) is 6.07. The van der Waals surface area contributed by atoms with Gasteiger partial charge in [0.05, 0.1) is 16.4 Å². The van der Waals surface area contributed by atoms with Crippen LogP contribution in [0.5, 0.6) is 0 Å². The summed E-state index contributed by atoms with van der Waals surface area (Å²) in [7, 11) is 0. The van der Waals surface area contributed by atoms with E-state index in [4.69, 9.17) is 11.6 Å². The molecule has 2 N–H and O–H groups in total. The highest BCUT2D eigenvalue weighted by molar-refractivity contribution is 6.31. The number of hydrogen-bond acceptors (Lipinski definition) is 5. The van der Waals surface area contributed by atoms with Gasteiger partial charge in [0.15, 0.2) is 0 Å². The van der Waals surface area contributed by atoms with Crippen LogP contribution in [0.4, 0.5) is 21.8 Å². The molecule has 0 saturated carbocycles. The van der Waals surface area contributed by atoms with Gasteiger partial charge in [-0.2, -0.15) is 4.98 Å². The van der Waals surface area contributed by atoms with E-state index in [0.29, 0.717) is 23.1 Å². The highest BCUT2D eigenvalue weighted by Crippen LogP contribution is 2.25. The van der Waals surface area contributed by atoms with E-state index in [1.807, 2.05) is 39.0 Å². The zero-order chi connectivity index (χ0) is 18.7. The quantitative estimate of drug-likeness (QED) is 0.652. The van der Waals surface area contributed by atoms with E-state index < -0.39 is 5.82 Å². The van der Waals surface area contributed by atoms with Crippen LogP contribution in [-0.2, 0) is 0 Å². The van der Waals surface area contributed by atoms with Crippen LogP contribution in [0.1, 0.15) is 20.8 Å². The molecular formula is C19H19ClFN5. The molecule has 26 heavy (non-hydrogen) atoms. The van der Waals surface area contributed by atoms with Crippen LogP contribution in [0, 0.1) is 5.82 Å². The lowest BCUT2D eigenvalue weighted by atomic mass is 10.1. The number of halogens is 2. The Hall–Kier alpha value is -2.73. The minimum Gasteiger partial charge on any atom is -0.350 e. The Morgan fingerprint density at radius 3 is 2.46 bits per heavy atom. The maximum absolute atomic E-state index is 13.4. The highest BCUT2D eigenvalue weighted by atomic mass is 35.5. The maximum Gasteiger partial charge on any atom is 0.225 e. The Morgan fingerprint density at radius 1 is 1.00 bits per heavy atom. The van der Waals surface area contributed by atoms with E-state index in [1.54, 1.807) is 18.3 Å². The predicted octanol–water partition coefficient (Wildman–Crippen LogP) is 5.29. The van der Waals surface area contributed by atoms with Crippen molar-refractivity contribution in [2.45, 2.75) is 26.3 Å². The lowest BCUT2D eigenvalue weighted by molar-refractivity contribution is 0.626. The number of nitrogens with zero attached hydrogens (tertiary/aromatic N) is 3. The number of benzene rings is 1.